The van der Waals surface area contributed by atoms with Crippen molar-refractivity contribution < 1.29 is 32.3 Å². The first kappa shape index (κ1) is 25.0. The third-order valence-corrected chi connectivity index (χ3v) is 6.67. The number of ether oxygens (including phenoxy) is 2. The van der Waals surface area contributed by atoms with Crippen molar-refractivity contribution in [1.29, 1.82) is 0 Å². The third-order valence-electron chi connectivity index (χ3n) is 5.29. The molecule has 3 amide bonds. The summed E-state index contributed by atoms with van der Waals surface area (Å²) in [6.07, 6.45) is 4.91. The van der Waals surface area contributed by atoms with E-state index in [1.54, 1.807) is 6.07 Å². The van der Waals surface area contributed by atoms with Gasteiger partial charge in [0.2, 0.25) is 0 Å². The Labute approximate surface area is 198 Å². The summed E-state index contributed by atoms with van der Waals surface area (Å²) in [5.41, 5.74) is -0.0992. The van der Waals surface area contributed by atoms with Crippen LogP contribution in [-0.2, 0) is 19.6 Å². The molecule has 10 nitrogen and oxygen atoms in total. The molecule has 1 aliphatic carbocycles. The lowest BCUT2D eigenvalue weighted by atomic mass is 9.96. The number of imide groups is 1. The van der Waals surface area contributed by atoms with Gasteiger partial charge in [0.1, 0.15) is 5.75 Å². The third kappa shape index (κ3) is 6.95. The summed E-state index contributed by atoms with van der Waals surface area (Å²) in [4.78, 5) is 36.5. The van der Waals surface area contributed by atoms with E-state index in [-0.39, 0.29) is 22.2 Å². The number of carbonyl (C=O) groups excluding carboxylic acids is 3. The Hall–Kier alpha value is -3.60. The fourth-order valence-corrected chi connectivity index (χ4v) is 4.63. The number of carbonyl (C=O) groups is 3. The molecular weight excluding hydrogens is 462 g/mol. The van der Waals surface area contributed by atoms with E-state index in [0.717, 1.165) is 32.1 Å². The van der Waals surface area contributed by atoms with Crippen LogP contribution in [0.15, 0.2) is 53.4 Å². The predicted molar refractivity (Wildman–Crippen MR) is 124 cm³/mol. The van der Waals surface area contributed by atoms with Crippen molar-refractivity contribution in [1.82, 2.24) is 10.6 Å². The number of hydrogen-bond acceptors (Lipinski definition) is 7. The number of rotatable bonds is 8. The van der Waals surface area contributed by atoms with Crippen LogP contribution in [0.2, 0.25) is 0 Å². The van der Waals surface area contributed by atoms with E-state index in [9.17, 15) is 22.8 Å². The number of amides is 3. The number of esters is 1. The minimum absolute atomic E-state index is 0.0150. The second-order valence-electron chi connectivity index (χ2n) is 7.76. The van der Waals surface area contributed by atoms with Gasteiger partial charge in [0.15, 0.2) is 6.61 Å². The highest BCUT2D eigenvalue weighted by atomic mass is 32.2. The molecule has 0 radical (unpaired) electrons. The summed E-state index contributed by atoms with van der Waals surface area (Å²) in [6, 6.07) is 10.9. The van der Waals surface area contributed by atoms with Gasteiger partial charge in [-0.1, -0.05) is 31.4 Å². The highest BCUT2D eigenvalue weighted by Crippen LogP contribution is 2.22. The van der Waals surface area contributed by atoms with Crippen LogP contribution in [0.1, 0.15) is 42.5 Å². The van der Waals surface area contributed by atoms with Gasteiger partial charge in [0, 0.05) is 6.04 Å². The van der Waals surface area contributed by atoms with Gasteiger partial charge < -0.3 is 14.8 Å². The number of hydrogen-bond donors (Lipinski definition) is 3. The van der Waals surface area contributed by atoms with Crippen molar-refractivity contribution in [2.24, 2.45) is 0 Å². The maximum atomic E-state index is 12.7. The predicted octanol–water partition coefficient (Wildman–Crippen LogP) is 2.81. The molecule has 0 aromatic heterocycles. The zero-order valence-corrected chi connectivity index (χ0v) is 19.5. The van der Waals surface area contributed by atoms with E-state index in [0.29, 0.717) is 5.75 Å². The molecule has 2 aromatic rings. The molecule has 0 aliphatic heterocycles. The molecule has 0 saturated heterocycles. The molecule has 0 unspecified atom stereocenters. The molecule has 0 bridgehead atoms. The molecule has 0 atom stereocenters. The number of anilines is 1. The number of benzene rings is 2. The van der Waals surface area contributed by atoms with Gasteiger partial charge in [-0.25, -0.2) is 18.0 Å². The van der Waals surface area contributed by atoms with Gasteiger partial charge in [0.25, 0.3) is 15.9 Å². The van der Waals surface area contributed by atoms with Crippen LogP contribution in [0.5, 0.6) is 5.75 Å². The first-order valence-electron chi connectivity index (χ1n) is 10.8. The summed E-state index contributed by atoms with van der Waals surface area (Å²) >= 11 is 0. The molecule has 0 heterocycles. The molecule has 34 heavy (non-hydrogen) atoms. The molecule has 3 rings (SSSR count). The SMILES string of the molecule is COc1ccc(S(=O)(=O)Nc2ccccc2C(=O)OCC(=O)NC(=O)NC2CCCCC2)cc1. The number of para-hydroxylation sites is 1. The van der Waals surface area contributed by atoms with Gasteiger partial charge in [-0.05, 0) is 49.2 Å². The molecule has 11 heteroatoms. The average Bonchev–Trinajstić information content (AvgIpc) is 2.83. The Kier molecular flexibility index (Phi) is 8.47. The van der Waals surface area contributed by atoms with Crippen molar-refractivity contribution in [3.63, 3.8) is 0 Å². The minimum Gasteiger partial charge on any atom is -0.497 e. The fourth-order valence-electron chi connectivity index (χ4n) is 3.55. The first-order valence-corrected chi connectivity index (χ1v) is 12.3. The van der Waals surface area contributed by atoms with Gasteiger partial charge in [0.05, 0.1) is 23.3 Å². The Balaban J connectivity index is 1.58. The highest BCUT2D eigenvalue weighted by Gasteiger charge is 2.21. The molecule has 1 saturated carbocycles. The number of sulfonamides is 1. The zero-order chi connectivity index (χ0) is 24.6. The number of urea groups is 1. The Morgan fingerprint density at radius 2 is 1.65 bits per heavy atom. The van der Waals surface area contributed by atoms with E-state index >= 15 is 0 Å². The lowest BCUT2D eigenvalue weighted by Gasteiger charge is -2.22. The molecule has 1 fully saturated rings. The van der Waals surface area contributed by atoms with Crippen LogP contribution in [0.4, 0.5) is 10.5 Å². The Morgan fingerprint density at radius 1 is 0.971 bits per heavy atom. The van der Waals surface area contributed by atoms with Crippen molar-refractivity contribution in [2.45, 2.75) is 43.0 Å². The van der Waals surface area contributed by atoms with Gasteiger partial charge in [-0.3, -0.25) is 14.8 Å². The van der Waals surface area contributed by atoms with E-state index in [1.807, 2.05) is 0 Å². The summed E-state index contributed by atoms with van der Waals surface area (Å²) in [7, 11) is -2.54. The van der Waals surface area contributed by atoms with Crippen LogP contribution >= 0.6 is 0 Å². The molecule has 0 spiro atoms. The average molecular weight is 490 g/mol. The summed E-state index contributed by atoms with van der Waals surface area (Å²) in [6.45, 7) is -0.698. The minimum atomic E-state index is -4.00. The largest absolute Gasteiger partial charge is 0.497 e. The maximum Gasteiger partial charge on any atom is 0.340 e. The maximum absolute atomic E-state index is 12.7. The van der Waals surface area contributed by atoms with Crippen molar-refractivity contribution >= 4 is 33.6 Å². The lowest BCUT2D eigenvalue weighted by Crippen LogP contribution is -2.46. The Bertz CT molecular complexity index is 1130. The monoisotopic (exact) mass is 489 g/mol. The van der Waals surface area contributed by atoms with Gasteiger partial charge in [-0.2, -0.15) is 0 Å². The fraction of sp³-hybridized carbons (Fsp3) is 0.348. The molecule has 182 valence electrons. The normalized spacial score (nSPS) is 14.0. The van der Waals surface area contributed by atoms with Crippen molar-refractivity contribution in [3.05, 3.63) is 54.1 Å². The highest BCUT2D eigenvalue weighted by molar-refractivity contribution is 7.92. The summed E-state index contributed by atoms with van der Waals surface area (Å²) in [5.74, 6) is -1.22. The smallest absolute Gasteiger partial charge is 0.340 e. The lowest BCUT2D eigenvalue weighted by molar-refractivity contribution is -0.123. The van der Waals surface area contributed by atoms with E-state index < -0.39 is 34.5 Å². The second kappa shape index (κ2) is 11.5. The van der Waals surface area contributed by atoms with Crippen LogP contribution in [0, 0.1) is 0 Å². The van der Waals surface area contributed by atoms with Crippen molar-refractivity contribution in [2.75, 3.05) is 18.4 Å². The second-order valence-corrected chi connectivity index (χ2v) is 9.44. The number of methoxy groups -OCH3 is 1. The van der Waals surface area contributed by atoms with Crippen molar-refractivity contribution in [3.8, 4) is 5.75 Å². The molecule has 1 aliphatic rings. The Morgan fingerprint density at radius 3 is 2.32 bits per heavy atom. The van der Waals surface area contributed by atoms with Gasteiger partial charge in [-0.15, -0.1) is 0 Å². The zero-order valence-electron chi connectivity index (χ0n) is 18.7. The standard InChI is InChI=1S/C23H27N3O7S/c1-32-17-11-13-18(14-12-17)34(30,31)26-20-10-6-5-9-19(20)22(28)33-15-21(27)25-23(29)24-16-7-3-2-4-8-16/h5-6,9-14,16,26H,2-4,7-8,15H2,1H3,(H2,24,25,27,29). The van der Waals surface area contributed by atoms with Crippen LogP contribution < -0.4 is 20.1 Å². The van der Waals surface area contributed by atoms with Crippen LogP contribution in [0.25, 0.3) is 0 Å². The summed E-state index contributed by atoms with van der Waals surface area (Å²) < 4.78 is 37.8. The number of nitrogens with one attached hydrogen (secondary N) is 3. The molecular formula is C23H27N3O7S. The van der Waals surface area contributed by atoms with E-state index in [1.165, 1.54) is 49.6 Å². The first-order chi connectivity index (χ1) is 16.3. The van der Waals surface area contributed by atoms with E-state index in [2.05, 4.69) is 15.4 Å². The molecule has 2 aromatic carbocycles. The summed E-state index contributed by atoms with van der Waals surface area (Å²) in [5, 5.41) is 4.86. The van der Waals surface area contributed by atoms with E-state index in [4.69, 9.17) is 9.47 Å². The molecule has 3 N–H and O–H groups in total. The van der Waals surface area contributed by atoms with Crippen LogP contribution in [0.3, 0.4) is 0 Å². The topological polar surface area (TPSA) is 140 Å². The quantitative estimate of drug-likeness (QED) is 0.484. The van der Waals surface area contributed by atoms with Gasteiger partial charge >= 0.3 is 12.0 Å². The van der Waals surface area contributed by atoms with Crippen LogP contribution in [-0.4, -0.2) is 46.1 Å².